The molecule has 2 aromatic carbocycles. The fraction of sp³-hybridized carbons (Fsp3) is 0.333. The third kappa shape index (κ3) is 8.62. The molecule has 0 aliphatic carbocycles. The SMILES string of the molecule is Cc1c[nH]c2ccccc12.NCCCC[C@H](N)C(=O)OCC(=O)OCc1ccccc1. The second kappa shape index (κ2) is 13.2. The van der Waals surface area contributed by atoms with Crippen molar-refractivity contribution < 1.29 is 19.1 Å². The van der Waals surface area contributed by atoms with Crippen molar-refractivity contribution in [3.63, 3.8) is 0 Å². The summed E-state index contributed by atoms with van der Waals surface area (Å²) in [5, 5.41) is 1.32. The van der Waals surface area contributed by atoms with E-state index in [2.05, 4.69) is 30.1 Å². The number of fused-ring (bicyclic) bond motifs is 1. The first-order valence-corrected chi connectivity index (χ1v) is 10.4. The Hall–Kier alpha value is -3.16. The highest BCUT2D eigenvalue weighted by Gasteiger charge is 2.16. The van der Waals surface area contributed by atoms with Gasteiger partial charge in [0.1, 0.15) is 12.6 Å². The molecule has 0 fully saturated rings. The summed E-state index contributed by atoms with van der Waals surface area (Å²) < 4.78 is 9.80. The summed E-state index contributed by atoms with van der Waals surface area (Å²) in [6.07, 6.45) is 4.09. The molecule has 0 bridgehead atoms. The molecule has 1 atom stereocenters. The molecule has 5 N–H and O–H groups in total. The fourth-order valence-electron chi connectivity index (χ4n) is 2.86. The number of benzene rings is 2. The Morgan fingerprint density at radius 1 is 1.00 bits per heavy atom. The molecule has 31 heavy (non-hydrogen) atoms. The number of aromatic amines is 1. The van der Waals surface area contributed by atoms with Gasteiger partial charge in [-0.25, -0.2) is 4.79 Å². The van der Waals surface area contributed by atoms with E-state index in [9.17, 15) is 9.59 Å². The van der Waals surface area contributed by atoms with Crippen molar-refractivity contribution in [3.05, 3.63) is 71.9 Å². The molecule has 3 rings (SSSR count). The first-order chi connectivity index (χ1) is 15.0. The van der Waals surface area contributed by atoms with Crippen LogP contribution in [-0.4, -0.2) is 36.1 Å². The van der Waals surface area contributed by atoms with Crippen LogP contribution in [0.15, 0.2) is 60.8 Å². The molecule has 166 valence electrons. The summed E-state index contributed by atoms with van der Waals surface area (Å²) in [7, 11) is 0. The van der Waals surface area contributed by atoms with E-state index in [1.54, 1.807) is 0 Å². The van der Waals surface area contributed by atoms with Crippen LogP contribution in [0.3, 0.4) is 0 Å². The zero-order chi connectivity index (χ0) is 22.5. The van der Waals surface area contributed by atoms with Gasteiger partial charge in [0.2, 0.25) is 0 Å². The number of nitrogens with two attached hydrogens (primary N) is 2. The predicted molar refractivity (Wildman–Crippen MR) is 121 cm³/mol. The zero-order valence-corrected chi connectivity index (χ0v) is 17.9. The Balaban J connectivity index is 0.000000280. The van der Waals surface area contributed by atoms with Crippen LogP contribution in [0.1, 0.15) is 30.4 Å². The maximum absolute atomic E-state index is 11.5. The van der Waals surface area contributed by atoms with Crippen molar-refractivity contribution in [2.24, 2.45) is 11.5 Å². The second-order valence-electron chi connectivity index (χ2n) is 7.16. The van der Waals surface area contributed by atoms with Crippen LogP contribution < -0.4 is 11.5 Å². The van der Waals surface area contributed by atoms with Gasteiger partial charge in [-0.1, -0.05) is 55.0 Å². The van der Waals surface area contributed by atoms with E-state index in [0.717, 1.165) is 18.4 Å². The summed E-state index contributed by atoms with van der Waals surface area (Å²) in [5.74, 6) is -1.19. The molecule has 1 heterocycles. The maximum atomic E-state index is 11.5. The van der Waals surface area contributed by atoms with Crippen molar-refractivity contribution in [2.45, 2.75) is 38.8 Å². The maximum Gasteiger partial charge on any atom is 0.344 e. The third-order valence-electron chi connectivity index (χ3n) is 4.64. The molecule has 7 nitrogen and oxygen atoms in total. The van der Waals surface area contributed by atoms with Crippen LogP contribution >= 0.6 is 0 Å². The van der Waals surface area contributed by atoms with Gasteiger partial charge >= 0.3 is 11.9 Å². The molecule has 0 radical (unpaired) electrons. The van der Waals surface area contributed by atoms with Gasteiger partial charge in [0.25, 0.3) is 0 Å². The van der Waals surface area contributed by atoms with E-state index in [0.29, 0.717) is 13.0 Å². The van der Waals surface area contributed by atoms with Gasteiger partial charge in [0, 0.05) is 17.1 Å². The first kappa shape index (κ1) is 24.1. The Morgan fingerprint density at radius 2 is 1.71 bits per heavy atom. The van der Waals surface area contributed by atoms with E-state index in [4.69, 9.17) is 20.9 Å². The zero-order valence-electron chi connectivity index (χ0n) is 17.9. The number of esters is 2. The molecule has 0 amide bonds. The minimum Gasteiger partial charge on any atom is -0.458 e. The van der Waals surface area contributed by atoms with Crippen molar-refractivity contribution in [3.8, 4) is 0 Å². The van der Waals surface area contributed by atoms with Gasteiger partial charge in [-0.15, -0.1) is 0 Å². The molecular formula is C24H31N3O4. The molecule has 0 aliphatic rings. The minimum absolute atomic E-state index is 0.153. The first-order valence-electron chi connectivity index (χ1n) is 10.4. The lowest BCUT2D eigenvalue weighted by Crippen LogP contribution is -2.33. The van der Waals surface area contributed by atoms with Gasteiger partial charge in [-0.3, -0.25) is 4.79 Å². The summed E-state index contributed by atoms with van der Waals surface area (Å²) in [5.41, 5.74) is 14.4. The molecular weight excluding hydrogens is 394 g/mol. The fourth-order valence-corrected chi connectivity index (χ4v) is 2.86. The number of carbonyl (C=O) groups excluding carboxylic acids is 2. The Bertz CT molecular complexity index is 940. The minimum atomic E-state index is -0.724. The molecule has 0 aliphatic heterocycles. The highest BCUT2D eigenvalue weighted by Crippen LogP contribution is 2.15. The average Bonchev–Trinajstić information content (AvgIpc) is 3.18. The number of ether oxygens (including phenoxy) is 2. The molecule has 0 saturated heterocycles. The number of rotatable bonds is 9. The number of para-hydroxylation sites is 1. The Labute approximate surface area is 182 Å². The molecule has 0 unspecified atom stereocenters. The smallest absolute Gasteiger partial charge is 0.344 e. The highest BCUT2D eigenvalue weighted by molar-refractivity contribution is 5.82. The lowest BCUT2D eigenvalue weighted by molar-refractivity contribution is -0.160. The number of aryl methyl sites for hydroxylation is 1. The Morgan fingerprint density at radius 3 is 2.42 bits per heavy atom. The molecule has 0 saturated carbocycles. The second-order valence-corrected chi connectivity index (χ2v) is 7.16. The summed E-state index contributed by atoms with van der Waals surface area (Å²) in [6, 6.07) is 16.8. The van der Waals surface area contributed by atoms with Gasteiger partial charge in [-0.05, 0) is 43.5 Å². The van der Waals surface area contributed by atoms with E-state index < -0.39 is 24.6 Å². The van der Waals surface area contributed by atoms with Crippen LogP contribution in [0.25, 0.3) is 10.9 Å². The lowest BCUT2D eigenvalue weighted by atomic mass is 10.1. The van der Waals surface area contributed by atoms with Crippen LogP contribution in [-0.2, 0) is 25.7 Å². The van der Waals surface area contributed by atoms with Crippen molar-refractivity contribution in [1.82, 2.24) is 4.98 Å². The molecule has 1 aromatic heterocycles. The van der Waals surface area contributed by atoms with Gasteiger partial charge in [0.15, 0.2) is 6.61 Å². The van der Waals surface area contributed by atoms with Crippen LogP contribution in [0.5, 0.6) is 0 Å². The average molecular weight is 426 g/mol. The van der Waals surface area contributed by atoms with Crippen LogP contribution in [0.2, 0.25) is 0 Å². The number of nitrogens with one attached hydrogen (secondary N) is 1. The number of unbranched alkanes of at least 4 members (excludes halogenated alkanes) is 1. The highest BCUT2D eigenvalue weighted by atomic mass is 16.6. The number of aromatic nitrogens is 1. The predicted octanol–water partition coefficient (Wildman–Crippen LogP) is 3.21. The monoisotopic (exact) mass is 425 g/mol. The van der Waals surface area contributed by atoms with E-state index in [1.165, 1.54) is 16.5 Å². The van der Waals surface area contributed by atoms with Gasteiger partial charge < -0.3 is 25.9 Å². The van der Waals surface area contributed by atoms with Crippen LogP contribution in [0.4, 0.5) is 0 Å². The number of H-pyrrole nitrogens is 1. The van der Waals surface area contributed by atoms with E-state index in [1.807, 2.05) is 42.6 Å². The standard InChI is InChI=1S/C15H22N2O4.C9H9N/c16-9-5-4-8-13(17)15(19)21-11-14(18)20-10-12-6-2-1-3-7-12;1-7-6-10-9-5-3-2-4-8(7)9/h1-3,6-7,13H,4-5,8-11,16-17H2;2-6,10H,1H3/t13-;/m0./s1. The van der Waals surface area contributed by atoms with E-state index in [-0.39, 0.29) is 6.61 Å². The van der Waals surface area contributed by atoms with Crippen molar-refractivity contribution >= 4 is 22.8 Å². The van der Waals surface area contributed by atoms with Gasteiger partial charge in [0.05, 0.1) is 0 Å². The van der Waals surface area contributed by atoms with E-state index >= 15 is 0 Å². The molecule has 7 heteroatoms. The normalized spacial score (nSPS) is 11.3. The summed E-state index contributed by atoms with van der Waals surface area (Å²) in [6.45, 7) is 2.41. The van der Waals surface area contributed by atoms with Crippen molar-refractivity contribution in [2.75, 3.05) is 13.2 Å². The number of carbonyl (C=O) groups is 2. The Kier molecular flexibility index (Phi) is 10.3. The van der Waals surface area contributed by atoms with Gasteiger partial charge in [-0.2, -0.15) is 0 Å². The molecule has 0 spiro atoms. The van der Waals surface area contributed by atoms with Crippen molar-refractivity contribution in [1.29, 1.82) is 0 Å². The lowest BCUT2D eigenvalue weighted by Gasteiger charge is -2.11. The largest absolute Gasteiger partial charge is 0.458 e. The third-order valence-corrected chi connectivity index (χ3v) is 4.64. The number of hydrogen-bond donors (Lipinski definition) is 3. The summed E-state index contributed by atoms with van der Waals surface area (Å²) >= 11 is 0. The molecule has 3 aromatic rings. The number of hydrogen-bond acceptors (Lipinski definition) is 6. The summed E-state index contributed by atoms with van der Waals surface area (Å²) in [4.78, 5) is 26.2. The topological polar surface area (TPSA) is 120 Å². The quantitative estimate of drug-likeness (QED) is 0.358. The van der Waals surface area contributed by atoms with Crippen LogP contribution in [0, 0.1) is 6.92 Å².